The first-order valence-corrected chi connectivity index (χ1v) is 5.52. The van der Waals surface area contributed by atoms with Gasteiger partial charge in [0.25, 0.3) is 0 Å². The Morgan fingerprint density at radius 3 is 2.79 bits per heavy atom. The summed E-state index contributed by atoms with van der Waals surface area (Å²) < 4.78 is 4.65. The van der Waals surface area contributed by atoms with E-state index in [0.29, 0.717) is 18.4 Å². The minimum atomic E-state index is -0.0783. The molecule has 0 aliphatic heterocycles. The lowest BCUT2D eigenvalue weighted by molar-refractivity contribution is -0.141. The molecule has 14 heavy (non-hydrogen) atoms. The molecule has 1 fully saturated rings. The maximum Gasteiger partial charge on any atom is 0.305 e. The first kappa shape index (κ1) is 11.5. The van der Waals surface area contributed by atoms with E-state index in [0.717, 1.165) is 6.42 Å². The lowest BCUT2D eigenvalue weighted by Gasteiger charge is -2.31. The van der Waals surface area contributed by atoms with Gasteiger partial charge in [0.05, 0.1) is 7.11 Å². The minimum Gasteiger partial charge on any atom is -0.469 e. The Morgan fingerprint density at radius 2 is 2.14 bits per heavy atom. The lowest BCUT2D eigenvalue weighted by atomic mass is 9.82. The first-order chi connectivity index (χ1) is 6.77. The molecule has 0 amide bonds. The Morgan fingerprint density at radius 1 is 1.43 bits per heavy atom. The minimum absolute atomic E-state index is 0.0783. The van der Waals surface area contributed by atoms with E-state index in [1.807, 2.05) is 7.05 Å². The van der Waals surface area contributed by atoms with Gasteiger partial charge in [-0.05, 0) is 32.2 Å². The number of hydrogen-bond acceptors (Lipinski definition) is 3. The van der Waals surface area contributed by atoms with Gasteiger partial charge in [0.15, 0.2) is 0 Å². The van der Waals surface area contributed by atoms with E-state index < -0.39 is 0 Å². The van der Waals surface area contributed by atoms with Crippen LogP contribution in [-0.2, 0) is 9.53 Å². The van der Waals surface area contributed by atoms with E-state index in [9.17, 15) is 4.79 Å². The molecule has 0 aromatic rings. The van der Waals surface area contributed by atoms with Gasteiger partial charge in [0.2, 0.25) is 0 Å². The normalized spacial score (nSPS) is 27.3. The third kappa shape index (κ3) is 3.29. The third-order valence-electron chi connectivity index (χ3n) is 3.23. The van der Waals surface area contributed by atoms with E-state index in [1.54, 1.807) is 0 Å². The summed E-state index contributed by atoms with van der Waals surface area (Å²) in [6.07, 6.45) is 6.67. The highest BCUT2D eigenvalue weighted by atomic mass is 16.5. The maximum atomic E-state index is 11.0. The van der Waals surface area contributed by atoms with Crippen molar-refractivity contribution < 1.29 is 9.53 Å². The molecule has 0 aromatic heterocycles. The molecule has 3 nitrogen and oxygen atoms in total. The average Bonchev–Trinajstić information content (AvgIpc) is 2.26. The summed E-state index contributed by atoms with van der Waals surface area (Å²) >= 11 is 0. The monoisotopic (exact) mass is 199 g/mol. The van der Waals surface area contributed by atoms with Crippen LogP contribution >= 0.6 is 0 Å². The predicted octanol–water partition coefficient (Wildman–Crippen LogP) is 1.72. The van der Waals surface area contributed by atoms with Crippen LogP contribution < -0.4 is 5.32 Å². The highest BCUT2D eigenvalue weighted by Crippen LogP contribution is 2.27. The largest absolute Gasteiger partial charge is 0.469 e. The van der Waals surface area contributed by atoms with Gasteiger partial charge in [-0.15, -0.1) is 0 Å². The number of ether oxygens (including phenoxy) is 1. The van der Waals surface area contributed by atoms with E-state index in [1.165, 1.54) is 32.8 Å². The van der Waals surface area contributed by atoms with Gasteiger partial charge in [0.1, 0.15) is 0 Å². The molecule has 1 aliphatic carbocycles. The Labute approximate surface area is 86.2 Å². The van der Waals surface area contributed by atoms with Crippen molar-refractivity contribution >= 4 is 5.97 Å². The predicted molar refractivity (Wildman–Crippen MR) is 56.1 cm³/mol. The van der Waals surface area contributed by atoms with Crippen LogP contribution in [0.1, 0.15) is 38.5 Å². The fourth-order valence-corrected chi connectivity index (χ4v) is 2.34. The van der Waals surface area contributed by atoms with Gasteiger partial charge in [-0.3, -0.25) is 4.79 Å². The van der Waals surface area contributed by atoms with E-state index >= 15 is 0 Å². The first-order valence-electron chi connectivity index (χ1n) is 5.52. The highest BCUT2D eigenvalue weighted by Gasteiger charge is 2.23. The summed E-state index contributed by atoms with van der Waals surface area (Å²) in [4.78, 5) is 11.0. The van der Waals surface area contributed by atoms with Gasteiger partial charge in [0, 0.05) is 12.5 Å². The zero-order valence-electron chi connectivity index (χ0n) is 9.21. The molecule has 0 spiro atoms. The Hall–Kier alpha value is -0.570. The molecule has 0 aromatic carbocycles. The van der Waals surface area contributed by atoms with Crippen molar-refractivity contribution in [1.82, 2.24) is 5.32 Å². The number of esters is 1. The van der Waals surface area contributed by atoms with Crippen LogP contribution in [0.5, 0.6) is 0 Å². The van der Waals surface area contributed by atoms with Gasteiger partial charge in [-0.2, -0.15) is 0 Å². The lowest BCUT2D eigenvalue weighted by Crippen LogP contribution is -2.36. The Bertz CT molecular complexity index is 182. The molecule has 3 heteroatoms. The summed E-state index contributed by atoms with van der Waals surface area (Å²) in [5.74, 6) is 0.582. The van der Waals surface area contributed by atoms with Crippen LogP contribution in [0, 0.1) is 5.92 Å². The van der Waals surface area contributed by atoms with Crippen LogP contribution in [-0.4, -0.2) is 26.2 Å². The smallest absolute Gasteiger partial charge is 0.305 e. The molecule has 2 atom stereocenters. The molecule has 1 saturated carbocycles. The fraction of sp³-hybridized carbons (Fsp3) is 0.909. The number of rotatable bonds is 4. The Balaban J connectivity index is 2.29. The van der Waals surface area contributed by atoms with Crippen LogP contribution in [0.2, 0.25) is 0 Å². The van der Waals surface area contributed by atoms with Gasteiger partial charge >= 0.3 is 5.97 Å². The second-order valence-corrected chi connectivity index (χ2v) is 4.05. The number of nitrogens with one attached hydrogen (secondary N) is 1. The topological polar surface area (TPSA) is 38.3 Å². The quantitative estimate of drug-likeness (QED) is 0.701. The second-order valence-electron chi connectivity index (χ2n) is 4.05. The number of carbonyl (C=O) groups is 1. The van der Waals surface area contributed by atoms with Crippen molar-refractivity contribution in [2.24, 2.45) is 5.92 Å². The SMILES string of the molecule is CN[C@H]1CCCC[C@@H]1CCC(=O)OC. The maximum absolute atomic E-state index is 11.0. The molecule has 1 rings (SSSR count). The summed E-state index contributed by atoms with van der Waals surface area (Å²) in [5, 5.41) is 3.34. The van der Waals surface area contributed by atoms with Crippen molar-refractivity contribution in [1.29, 1.82) is 0 Å². The van der Waals surface area contributed by atoms with Crippen molar-refractivity contribution in [3.05, 3.63) is 0 Å². The molecular weight excluding hydrogens is 178 g/mol. The molecule has 0 heterocycles. The summed E-state index contributed by atoms with van der Waals surface area (Å²) in [7, 11) is 3.47. The number of carbonyl (C=O) groups excluding carboxylic acids is 1. The number of methoxy groups -OCH3 is 1. The van der Waals surface area contributed by atoms with E-state index in [2.05, 4.69) is 10.1 Å². The zero-order valence-corrected chi connectivity index (χ0v) is 9.21. The molecule has 82 valence electrons. The van der Waals surface area contributed by atoms with Gasteiger partial charge in [-0.1, -0.05) is 12.8 Å². The summed E-state index contributed by atoms with van der Waals surface area (Å²) in [5.41, 5.74) is 0. The number of hydrogen-bond donors (Lipinski definition) is 1. The van der Waals surface area contributed by atoms with Gasteiger partial charge in [-0.25, -0.2) is 0 Å². The summed E-state index contributed by atoms with van der Waals surface area (Å²) in [6.45, 7) is 0. The molecule has 1 N–H and O–H groups in total. The third-order valence-corrected chi connectivity index (χ3v) is 3.23. The zero-order chi connectivity index (χ0) is 10.4. The van der Waals surface area contributed by atoms with Crippen molar-refractivity contribution in [2.75, 3.05) is 14.2 Å². The Kier molecular flexibility index (Phi) is 4.94. The van der Waals surface area contributed by atoms with Crippen LogP contribution in [0.3, 0.4) is 0 Å². The molecule has 0 unspecified atom stereocenters. The molecule has 0 radical (unpaired) electrons. The van der Waals surface area contributed by atoms with Crippen LogP contribution in [0.4, 0.5) is 0 Å². The highest BCUT2D eigenvalue weighted by molar-refractivity contribution is 5.69. The second kappa shape index (κ2) is 6.02. The van der Waals surface area contributed by atoms with Gasteiger partial charge < -0.3 is 10.1 Å². The fourth-order valence-electron chi connectivity index (χ4n) is 2.34. The van der Waals surface area contributed by atoms with Crippen molar-refractivity contribution in [2.45, 2.75) is 44.6 Å². The van der Waals surface area contributed by atoms with Crippen molar-refractivity contribution in [3.8, 4) is 0 Å². The van der Waals surface area contributed by atoms with Crippen LogP contribution in [0.15, 0.2) is 0 Å². The van der Waals surface area contributed by atoms with E-state index in [-0.39, 0.29) is 5.97 Å². The molecule has 0 bridgehead atoms. The van der Waals surface area contributed by atoms with Crippen molar-refractivity contribution in [3.63, 3.8) is 0 Å². The molecule has 1 aliphatic rings. The molecular formula is C11H21NO2. The average molecular weight is 199 g/mol. The summed E-state index contributed by atoms with van der Waals surface area (Å²) in [6, 6.07) is 0.605. The standard InChI is InChI=1S/C11H21NO2/c1-12-10-6-4-3-5-9(10)7-8-11(13)14-2/h9-10,12H,3-8H2,1-2H3/t9-,10+/m1/s1. The molecule has 0 saturated heterocycles. The van der Waals surface area contributed by atoms with E-state index in [4.69, 9.17) is 0 Å². The van der Waals surface area contributed by atoms with Crippen LogP contribution in [0.25, 0.3) is 0 Å².